The summed E-state index contributed by atoms with van der Waals surface area (Å²) in [4.78, 5) is 7.34. The number of rotatable bonds is 3. The zero-order valence-electron chi connectivity index (χ0n) is 7.90. The predicted octanol–water partition coefficient (Wildman–Crippen LogP) is 2.64. The molecule has 0 saturated heterocycles. The number of nitrogens with one attached hydrogen (secondary N) is 1. The first kappa shape index (κ1) is 8.75. The molecule has 1 aromatic carbocycles. The van der Waals surface area contributed by atoms with Crippen LogP contribution < -0.4 is 0 Å². The Hall–Kier alpha value is -1.83. The van der Waals surface area contributed by atoms with Crippen molar-refractivity contribution in [3.63, 3.8) is 0 Å². The zero-order valence-corrected chi connectivity index (χ0v) is 7.90. The lowest BCUT2D eigenvalue weighted by molar-refractivity contribution is 1.10. The van der Waals surface area contributed by atoms with E-state index in [4.69, 9.17) is 0 Å². The fourth-order valence-electron chi connectivity index (χ4n) is 1.39. The van der Waals surface area contributed by atoms with Crippen molar-refractivity contribution in [1.82, 2.24) is 9.97 Å². The van der Waals surface area contributed by atoms with Gasteiger partial charge in [-0.15, -0.1) is 0 Å². The number of H-pyrrole nitrogens is 1. The predicted molar refractivity (Wildman–Crippen MR) is 57.9 cm³/mol. The van der Waals surface area contributed by atoms with Crippen LogP contribution in [0, 0.1) is 0 Å². The second-order valence-corrected chi connectivity index (χ2v) is 3.16. The highest BCUT2D eigenvalue weighted by molar-refractivity contribution is 5.37. The Morgan fingerprint density at radius 1 is 1.29 bits per heavy atom. The Kier molecular flexibility index (Phi) is 2.45. The average molecular weight is 184 g/mol. The monoisotopic (exact) mass is 184 g/mol. The molecule has 2 nitrogen and oxygen atoms in total. The lowest BCUT2D eigenvalue weighted by atomic mass is 10.1. The summed E-state index contributed by atoms with van der Waals surface area (Å²) in [6.45, 7) is 3.66. The zero-order chi connectivity index (χ0) is 9.80. The Bertz CT molecular complexity index is 415. The number of benzene rings is 1. The van der Waals surface area contributed by atoms with Gasteiger partial charge in [-0.05, 0) is 11.6 Å². The molecule has 70 valence electrons. The quantitative estimate of drug-likeness (QED) is 0.780. The number of hydrogen-bond donors (Lipinski definition) is 1. The van der Waals surface area contributed by atoms with E-state index in [2.05, 4.69) is 28.7 Å². The third kappa shape index (κ3) is 1.91. The van der Waals surface area contributed by atoms with E-state index in [9.17, 15) is 0 Å². The van der Waals surface area contributed by atoms with Crippen molar-refractivity contribution in [3.8, 4) is 0 Å². The van der Waals surface area contributed by atoms with Gasteiger partial charge in [0.1, 0.15) is 5.82 Å². The minimum atomic E-state index is 0.830. The first-order valence-corrected chi connectivity index (χ1v) is 4.59. The number of aromatic nitrogens is 2. The summed E-state index contributed by atoms with van der Waals surface area (Å²) in [6.07, 6.45) is 4.46. The molecule has 0 spiro atoms. The van der Waals surface area contributed by atoms with Crippen LogP contribution >= 0.6 is 0 Å². The molecule has 2 rings (SSSR count). The van der Waals surface area contributed by atoms with Crippen LogP contribution in [0.25, 0.3) is 6.08 Å². The van der Waals surface area contributed by atoms with E-state index in [1.165, 1.54) is 5.56 Å². The maximum Gasteiger partial charge on any atom is 0.129 e. The molecule has 2 aromatic rings. The van der Waals surface area contributed by atoms with E-state index in [0.29, 0.717) is 0 Å². The molecule has 1 N–H and O–H groups in total. The highest BCUT2D eigenvalue weighted by atomic mass is 14.9. The molecular formula is C12H12N2. The van der Waals surface area contributed by atoms with Gasteiger partial charge in [-0.2, -0.15) is 0 Å². The molecule has 0 saturated carbocycles. The van der Waals surface area contributed by atoms with E-state index in [0.717, 1.165) is 17.9 Å². The van der Waals surface area contributed by atoms with E-state index in [1.54, 1.807) is 6.08 Å². The third-order valence-electron chi connectivity index (χ3n) is 2.08. The highest BCUT2D eigenvalue weighted by Gasteiger charge is 1.98. The van der Waals surface area contributed by atoms with Crippen LogP contribution in [0.5, 0.6) is 0 Å². The molecule has 1 aromatic heterocycles. The van der Waals surface area contributed by atoms with E-state index >= 15 is 0 Å². The molecule has 0 amide bonds. The summed E-state index contributed by atoms with van der Waals surface area (Å²) in [5.74, 6) is 0.830. The van der Waals surface area contributed by atoms with Crippen LogP contribution in [0.3, 0.4) is 0 Å². The van der Waals surface area contributed by atoms with Gasteiger partial charge in [0.2, 0.25) is 0 Å². The van der Waals surface area contributed by atoms with Crippen LogP contribution in [-0.4, -0.2) is 9.97 Å². The smallest absolute Gasteiger partial charge is 0.129 e. The van der Waals surface area contributed by atoms with Crippen molar-refractivity contribution >= 4 is 6.08 Å². The van der Waals surface area contributed by atoms with Gasteiger partial charge in [-0.1, -0.05) is 36.9 Å². The highest BCUT2D eigenvalue weighted by Crippen LogP contribution is 2.07. The number of aromatic amines is 1. The summed E-state index contributed by atoms with van der Waals surface area (Å²) >= 11 is 0. The maximum atomic E-state index is 4.16. The molecule has 1 heterocycles. The summed E-state index contributed by atoms with van der Waals surface area (Å²) < 4.78 is 0. The number of nitrogens with zero attached hydrogens (tertiary/aromatic N) is 1. The van der Waals surface area contributed by atoms with Gasteiger partial charge in [-0.25, -0.2) is 4.98 Å². The number of hydrogen-bond acceptors (Lipinski definition) is 1. The van der Waals surface area contributed by atoms with Gasteiger partial charge in [0.25, 0.3) is 0 Å². The summed E-state index contributed by atoms with van der Waals surface area (Å²) in [5.41, 5.74) is 2.40. The van der Waals surface area contributed by atoms with Crippen molar-refractivity contribution in [2.45, 2.75) is 6.42 Å². The molecule has 0 fully saturated rings. The Labute approximate surface area is 83.3 Å². The standard InChI is InChI=1S/C12H12N2/c1-2-12-13-9-11(14-12)8-10-6-4-3-5-7-10/h2-7,9H,1,8H2,(H,13,14). The van der Waals surface area contributed by atoms with Crippen LogP contribution in [0.15, 0.2) is 43.1 Å². The van der Waals surface area contributed by atoms with Gasteiger partial charge >= 0.3 is 0 Å². The van der Waals surface area contributed by atoms with Gasteiger partial charge in [0, 0.05) is 18.3 Å². The fraction of sp³-hybridized carbons (Fsp3) is 0.0833. The van der Waals surface area contributed by atoms with Gasteiger partial charge < -0.3 is 4.98 Å². The molecule has 0 aliphatic heterocycles. The van der Waals surface area contributed by atoms with Crippen molar-refractivity contribution in [3.05, 3.63) is 60.2 Å². The fourth-order valence-corrected chi connectivity index (χ4v) is 1.39. The molecule has 0 aliphatic rings. The molecule has 0 atom stereocenters. The van der Waals surface area contributed by atoms with E-state index < -0.39 is 0 Å². The second-order valence-electron chi connectivity index (χ2n) is 3.16. The van der Waals surface area contributed by atoms with Crippen LogP contribution in [-0.2, 0) is 6.42 Å². The largest absolute Gasteiger partial charge is 0.342 e. The SMILES string of the molecule is C=Cc1ncc(Cc2ccccc2)[nH]1. The Balaban J connectivity index is 2.15. The van der Waals surface area contributed by atoms with E-state index in [-0.39, 0.29) is 0 Å². The minimum Gasteiger partial charge on any atom is -0.342 e. The lowest BCUT2D eigenvalue weighted by Crippen LogP contribution is -1.87. The first-order valence-electron chi connectivity index (χ1n) is 4.59. The minimum absolute atomic E-state index is 0.830. The average Bonchev–Trinajstić information content (AvgIpc) is 2.67. The molecule has 14 heavy (non-hydrogen) atoms. The molecule has 0 radical (unpaired) electrons. The second kappa shape index (κ2) is 3.92. The van der Waals surface area contributed by atoms with Gasteiger partial charge in [0.15, 0.2) is 0 Å². The topological polar surface area (TPSA) is 28.7 Å². The first-order chi connectivity index (χ1) is 6.88. The van der Waals surface area contributed by atoms with E-state index in [1.807, 2.05) is 24.4 Å². The third-order valence-corrected chi connectivity index (χ3v) is 2.08. The number of imidazole rings is 1. The van der Waals surface area contributed by atoms with Crippen LogP contribution in [0.1, 0.15) is 17.1 Å². The van der Waals surface area contributed by atoms with Gasteiger partial charge in [0.05, 0.1) is 0 Å². The summed E-state index contributed by atoms with van der Waals surface area (Å²) in [5, 5.41) is 0. The van der Waals surface area contributed by atoms with Crippen LogP contribution in [0.4, 0.5) is 0 Å². The summed E-state index contributed by atoms with van der Waals surface area (Å²) in [7, 11) is 0. The van der Waals surface area contributed by atoms with Crippen molar-refractivity contribution in [1.29, 1.82) is 0 Å². The Morgan fingerprint density at radius 2 is 2.07 bits per heavy atom. The van der Waals surface area contributed by atoms with Crippen LogP contribution in [0.2, 0.25) is 0 Å². The van der Waals surface area contributed by atoms with Crippen molar-refractivity contribution in [2.75, 3.05) is 0 Å². The van der Waals surface area contributed by atoms with Gasteiger partial charge in [-0.3, -0.25) is 0 Å². The molecular weight excluding hydrogens is 172 g/mol. The normalized spacial score (nSPS) is 10.0. The molecule has 0 bridgehead atoms. The Morgan fingerprint density at radius 3 is 2.71 bits per heavy atom. The molecule has 0 unspecified atom stereocenters. The molecule has 2 heteroatoms. The van der Waals surface area contributed by atoms with Crippen molar-refractivity contribution < 1.29 is 0 Å². The van der Waals surface area contributed by atoms with Crippen molar-refractivity contribution in [2.24, 2.45) is 0 Å². The summed E-state index contributed by atoms with van der Waals surface area (Å²) in [6, 6.07) is 10.3. The lowest BCUT2D eigenvalue weighted by Gasteiger charge is -1.96. The molecule has 0 aliphatic carbocycles. The maximum absolute atomic E-state index is 4.16.